The van der Waals surface area contributed by atoms with Gasteiger partial charge in [-0.05, 0) is 112 Å². The van der Waals surface area contributed by atoms with Crippen molar-refractivity contribution >= 4 is 67.7 Å². The molecule has 2 N–H and O–H groups in total. The van der Waals surface area contributed by atoms with E-state index in [0.29, 0.717) is 41.6 Å². The molecule has 3 aliphatic rings. The highest BCUT2D eigenvalue weighted by molar-refractivity contribution is 6.17. The summed E-state index contributed by atoms with van der Waals surface area (Å²) in [5, 5.41) is 9.56. The summed E-state index contributed by atoms with van der Waals surface area (Å²) in [6, 6.07) is 32.2. The number of fused-ring (bicyclic) bond motifs is 2. The largest absolute Gasteiger partial charge is 0.493 e. The van der Waals surface area contributed by atoms with Crippen molar-refractivity contribution in [3.8, 4) is 11.5 Å². The van der Waals surface area contributed by atoms with Gasteiger partial charge in [-0.25, -0.2) is 8.78 Å². The Morgan fingerprint density at radius 1 is 0.552 bits per heavy atom. The molecule has 13 heteroatoms. The van der Waals surface area contributed by atoms with Gasteiger partial charge in [0.25, 0.3) is 11.8 Å². The van der Waals surface area contributed by atoms with Gasteiger partial charge >= 0.3 is 0 Å². The van der Waals surface area contributed by atoms with Gasteiger partial charge in [0.1, 0.15) is 23.1 Å². The number of halogens is 3. The molecule has 0 saturated carbocycles. The van der Waals surface area contributed by atoms with Gasteiger partial charge in [-0.1, -0.05) is 48.5 Å². The maximum atomic E-state index is 14.4. The molecule has 0 atom stereocenters. The molecule has 9 rings (SSSR count). The molecule has 3 aliphatic heterocycles. The van der Waals surface area contributed by atoms with E-state index in [9.17, 15) is 18.4 Å². The van der Waals surface area contributed by atoms with Gasteiger partial charge in [0.15, 0.2) is 0 Å². The van der Waals surface area contributed by atoms with Gasteiger partial charge in [0.05, 0.1) is 26.4 Å². The lowest BCUT2D eigenvalue weighted by Crippen LogP contribution is -2.37. The molecule has 0 spiro atoms. The van der Waals surface area contributed by atoms with Crippen LogP contribution in [0.15, 0.2) is 109 Å². The van der Waals surface area contributed by atoms with Gasteiger partial charge < -0.3 is 34.6 Å². The molecule has 0 unspecified atom stereocenters. The number of hydrogen-bond acceptors (Lipinski definition) is 8. The first kappa shape index (κ1) is 47.5. The number of nitrogens with zero attached hydrogens (tertiary/aromatic N) is 3. The van der Waals surface area contributed by atoms with Crippen molar-refractivity contribution < 1.29 is 32.6 Å². The second-order valence-electron chi connectivity index (χ2n) is 17.3. The third kappa shape index (κ3) is 12.7. The summed E-state index contributed by atoms with van der Waals surface area (Å²) in [7, 11) is 0. The molecule has 352 valence electrons. The molecule has 3 saturated heterocycles. The fourth-order valence-electron chi connectivity index (χ4n) is 9.01. The number of carbonyl (C=O) groups excluding carboxylic acids is 2. The third-order valence-corrected chi connectivity index (χ3v) is 12.8. The number of rotatable bonds is 15. The monoisotopic (exact) mass is 931 g/mol. The summed E-state index contributed by atoms with van der Waals surface area (Å²) in [5.41, 5.74) is 3.51. The van der Waals surface area contributed by atoms with E-state index in [1.54, 1.807) is 12.1 Å². The van der Waals surface area contributed by atoms with E-state index in [1.807, 2.05) is 72.8 Å². The molecule has 2 amide bonds. The molecular formula is C54H60ClF2N5O5. The lowest BCUT2D eigenvalue weighted by molar-refractivity contribution is 0.0358. The van der Waals surface area contributed by atoms with Crippen LogP contribution >= 0.6 is 11.6 Å². The average Bonchev–Trinajstić information content (AvgIpc) is 3.37. The normalized spacial score (nSPS) is 15.4. The van der Waals surface area contributed by atoms with Crippen LogP contribution in [0.5, 0.6) is 11.5 Å². The Kier molecular flexibility index (Phi) is 16.8. The predicted molar refractivity (Wildman–Crippen MR) is 267 cm³/mol. The van der Waals surface area contributed by atoms with E-state index in [4.69, 9.17) is 25.8 Å². The number of nitrogens with one attached hydrogen (secondary N) is 2. The number of carbonyl (C=O) groups is 2. The van der Waals surface area contributed by atoms with Crippen molar-refractivity contribution in [2.75, 3.05) is 98.6 Å². The minimum absolute atomic E-state index is 0.312. The fraction of sp³-hybridized carbons (Fsp3) is 0.370. The zero-order valence-corrected chi connectivity index (χ0v) is 38.8. The minimum Gasteiger partial charge on any atom is -0.493 e. The van der Waals surface area contributed by atoms with Crippen molar-refractivity contribution in [2.24, 2.45) is 0 Å². The molecule has 6 aromatic carbocycles. The lowest BCUT2D eigenvalue weighted by atomic mass is 10.1. The number of benzene rings is 6. The number of amides is 2. The highest BCUT2D eigenvalue weighted by Crippen LogP contribution is 2.34. The molecule has 10 nitrogen and oxygen atoms in total. The van der Waals surface area contributed by atoms with Crippen LogP contribution in [-0.4, -0.2) is 94.8 Å². The zero-order chi connectivity index (χ0) is 46.4. The Hall–Kier alpha value is -5.95. The van der Waals surface area contributed by atoms with Crippen LogP contribution in [0.3, 0.4) is 0 Å². The molecule has 0 bridgehead atoms. The molecule has 67 heavy (non-hydrogen) atoms. The van der Waals surface area contributed by atoms with E-state index in [2.05, 4.69) is 25.3 Å². The number of hydrogen-bond donors (Lipinski definition) is 2. The first-order chi connectivity index (χ1) is 32.8. The van der Waals surface area contributed by atoms with Crippen LogP contribution in [0, 0.1) is 11.6 Å². The maximum absolute atomic E-state index is 14.4. The van der Waals surface area contributed by atoms with E-state index >= 15 is 0 Å². The molecule has 0 aromatic heterocycles. The first-order valence-electron chi connectivity index (χ1n) is 23.7. The van der Waals surface area contributed by atoms with Crippen molar-refractivity contribution in [1.82, 2.24) is 4.90 Å². The number of ether oxygens (including phenoxy) is 3. The van der Waals surface area contributed by atoms with Crippen LogP contribution in [0.25, 0.3) is 21.5 Å². The van der Waals surface area contributed by atoms with Crippen molar-refractivity contribution in [3.63, 3.8) is 0 Å². The summed E-state index contributed by atoms with van der Waals surface area (Å²) < 4.78 is 46.1. The van der Waals surface area contributed by atoms with Gasteiger partial charge in [-0.3, -0.25) is 14.5 Å². The van der Waals surface area contributed by atoms with E-state index < -0.39 is 11.6 Å². The SMILES string of the molecule is O=C(Nc1ccc(OCCCCl)c2ccccc12)c1cc(F)cc(N2CCCCC2)c1.O=C(Nc1ccc(OCCCN2CCOCC2)c2ccccc12)c1cc(F)cc(N2CCCCC2)c1. The number of alkyl halides is 1. The first-order valence-corrected chi connectivity index (χ1v) is 24.3. The van der Waals surface area contributed by atoms with Crippen molar-refractivity contribution in [2.45, 2.75) is 51.4 Å². The highest BCUT2D eigenvalue weighted by atomic mass is 35.5. The van der Waals surface area contributed by atoms with Gasteiger partial charge in [0.2, 0.25) is 0 Å². The summed E-state index contributed by atoms with van der Waals surface area (Å²) in [5.74, 6) is 0.630. The molecular weight excluding hydrogens is 872 g/mol. The van der Waals surface area contributed by atoms with Gasteiger partial charge in [-0.15, -0.1) is 11.6 Å². The predicted octanol–water partition coefficient (Wildman–Crippen LogP) is 11.6. The molecule has 0 aliphatic carbocycles. The highest BCUT2D eigenvalue weighted by Gasteiger charge is 2.19. The lowest BCUT2D eigenvalue weighted by Gasteiger charge is -2.29. The summed E-state index contributed by atoms with van der Waals surface area (Å²) in [6.45, 7) is 9.25. The Morgan fingerprint density at radius 3 is 1.46 bits per heavy atom. The minimum atomic E-state index is -0.402. The number of morpholine rings is 1. The second-order valence-corrected chi connectivity index (χ2v) is 17.6. The number of piperidine rings is 2. The van der Waals surface area contributed by atoms with E-state index in [1.165, 1.54) is 37.1 Å². The van der Waals surface area contributed by atoms with Gasteiger partial charge in [-0.2, -0.15) is 0 Å². The quantitative estimate of drug-likeness (QED) is 0.0777. The zero-order valence-electron chi connectivity index (χ0n) is 38.1. The molecule has 3 heterocycles. The molecule has 6 aromatic rings. The van der Waals surface area contributed by atoms with Crippen molar-refractivity contribution in [3.05, 3.63) is 132 Å². The Morgan fingerprint density at radius 2 is 1.00 bits per heavy atom. The van der Waals surface area contributed by atoms with Crippen LogP contribution in [0.2, 0.25) is 0 Å². The smallest absolute Gasteiger partial charge is 0.255 e. The standard InChI is InChI=1S/C29H34FN3O3.C25H26ClFN2O2/c30-23-19-22(20-24(21-23)33-12-4-1-5-13-33)29(34)31-27-9-10-28(26-8-3-2-7-25(26)27)36-16-6-11-32-14-17-35-18-15-32;26-11-6-14-31-24-10-9-23(21-7-2-3-8-22(21)24)28-25(30)18-15-19(27)17-20(16-18)29-12-4-1-5-13-29/h2-3,7-10,19-21H,1,4-6,11-18H2,(H,31,34);2-3,7-10,15-17H,1,4-6,11-14H2,(H,28,30). The van der Waals surface area contributed by atoms with Gasteiger partial charge in [0, 0.05) is 107 Å². The molecule has 0 radical (unpaired) electrons. The Balaban J connectivity index is 0.000000184. The van der Waals surface area contributed by atoms with E-state index in [-0.39, 0.29) is 11.8 Å². The topological polar surface area (TPSA) is 95.6 Å². The second kappa shape index (κ2) is 23.7. The summed E-state index contributed by atoms with van der Waals surface area (Å²) in [4.78, 5) is 32.8. The van der Waals surface area contributed by atoms with Crippen LogP contribution in [-0.2, 0) is 4.74 Å². The summed E-state index contributed by atoms with van der Waals surface area (Å²) >= 11 is 5.74. The number of anilines is 4. The fourth-order valence-corrected chi connectivity index (χ4v) is 9.12. The third-order valence-electron chi connectivity index (χ3n) is 12.5. The maximum Gasteiger partial charge on any atom is 0.255 e. The van der Waals surface area contributed by atoms with Crippen LogP contribution in [0.4, 0.5) is 31.5 Å². The van der Waals surface area contributed by atoms with Crippen molar-refractivity contribution in [1.29, 1.82) is 0 Å². The van der Waals surface area contributed by atoms with Crippen LogP contribution < -0.4 is 29.9 Å². The van der Waals surface area contributed by atoms with Crippen LogP contribution in [0.1, 0.15) is 72.1 Å². The Labute approximate surface area is 397 Å². The van der Waals surface area contributed by atoms with E-state index in [0.717, 1.165) is 142 Å². The summed E-state index contributed by atoms with van der Waals surface area (Å²) in [6.07, 6.45) is 8.43. The Bertz CT molecular complexity index is 2610. The molecule has 3 fully saturated rings. The average molecular weight is 933 g/mol.